The molecule has 2 aromatic carbocycles. The molecule has 0 saturated carbocycles. The minimum Gasteiger partial charge on any atom is -0.493 e. The van der Waals surface area contributed by atoms with Crippen LogP contribution in [0, 0.1) is 0 Å². The summed E-state index contributed by atoms with van der Waals surface area (Å²) in [6.07, 6.45) is 0.779. The standard InChI is InChI=1S/C20H18N2O4/c1-25-17-9-12-7-8-21-16(15(12)10-18(17)26-2)11-22-19(23)13-5-3-4-6-14(13)20(22)24/h3-6,9-10H,7-8,11H2,1-2H3. The van der Waals surface area contributed by atoms with E-state index in [1.807, 2.05) is 12.1 Å². The fourth-order valence-corrected chi connectivity index (χ4v) is 3.46. The Morgan fingerprint density at radius 2 is 1.58 bits per heavy atom. The Hall–Kier alpha value is -3.15. The number of methoxy groups -OCH3 is 2. The normalized spacial score (nSPS) is 15.5. The van der Waals surface area contributed by atoms with Crippen molar-refractivity contribution in [1.82, 2.24) is 4.90 Å². The summed E-state index contributed by atoms with van der Waals surface area (Å²) in [5.41, 5.74) is 3.57. The molecule has 26 heavy (non-hydrogen) atoms. The fraction of sp³-hybridized carbons (Fsp3) is 0.250. The number of carbonyl (C=O) groups excluding carboxylic acids is 2. The predicted molar refractivity (Wildman–Crippen MR) is 96.5 cm³/mol. The molecule has 0 radical (unpaired) electrons. The zero-order valence-electron chi connectivity index (χ0n) is 14.6. The minimum absolute atomic E-state index is 0.148. The number of ether oxygens (including phenoxy) is 2. The van der Waals surface area contributed by atoms with Crippen molar-refractivity contribution in [2.45, 2.75) is 6.42 Å². The lowest BCUT2D eigenvalue weighted by atomic mass is 9.96. The topological polar surface area (TPSA) is 68.2 Å². The minimum atomic E-state index is -0.277. The van der Waals surface area contributed by atoms with Gasteiger partial charge in [-0.3, -0.25) is 19.5 Å². The number of imide groups is 1. The van der Waals surface area contributed by atoms with E-state index in [-0.39, 0.29) is 18.4 Å². The zero-order valence-corrected chi connectivity index (χ0v) is 14.6. The molecule has 0 atom stereocenters. The van der Waals surface area contributed by atoms with Crippen molar-refractivity contribution in [3.63, 3.8) is 0 Å². The Bertz CT molecular complexity index is 914. The number of rotatable bonds is 4. The van der Waals surface area contributed by atoms with Crippen LogP contribution in [0.15, 0.2) is 41.4 Å². The summed E-state index contributed by atoms with van der Waals surface area (Å²) in [5, 5.41) is 0. The Morgan fingerprint density at radius 3 is 2.19 bits per heavy atom. The summed E-state index contributed by atoms with van der Waals surface area (Å²) >= 11 is 0. The van der Waals surface area contributed by atoms with Crippen LogP contribution < -0.4 is 9.47 Å². The number of hydrogen-bond acceptors (Lipinski definition) is 5. The molecule has 4 rings (SSSR count). The highest BCUT2D eigenvalue weighted by Crippen LogP contribution is 2.33. The van der Waals surface area contributed by atoms with Crippen LogP contribution in [-0.2, 0) is 6.42 Å². The Morgan fingerprint density at radius 1 is 0.962 bits per heavy atom. The number of aliphatic imine (C=N–C) groups is 1. The lowest BCUT2D eigenvalue weighted by Crippen LogP contribution is -2.36. The molecule has 6 nitrogen and oxygen atoms in total. The van der Waals surface area contributed by atoms with E-state index in [1.54, 1.807) is 38.5 Å². The van der Waals surface area contributed by atoms with Gasteiger partial charge in [0.1, 0.15) is 0 Å². The highest BCUT2D eigenvalue weighted by Gasteiger charge is 2.36. The van der Waals surface area contributed by atoms with E-state index < -0.39 is 0 Å². The van der Waals surface area contributed by atoms with Gasteiger partial charge in [-0.2, -0.15) is 0 Å². The van der Waals surface area contributed by atoms with Gasteiger partial charge in [0.2, 0.25) is 0 Å². The van der Waals surface area contributed by atoms with Crippen molar-refractivity contribution in [1.29, 1.82) is 0 Å². The number of benzene rings is 2. The monoisotopic (exact) mass is 350 g/mol. The number of amides is 2. The second-order valence-corrected chi connectivity index (χ2v) is 6.18. The first-order valence-corrected chi connectivity index (χ1v) is 8.38. The van der Waals surface area contributed by atoms with Gasteiger partial charge in [-0.15, -0.1) is 0 Å². The Balaban J connectivity index is 1.68. The summed E-state index contributed by atoms with van der Waals surface area (Å²) < 4.78 is 10.7. The van der Waals surface area contributed by atoms with Crippen molar-refractivity contribution in [2.75, 3.05) is 27.3 Å². The number of carbonyl (C=O) groups is 2. The van der Waals surface area contributed by atoms with Crippen LogP contribution in [0.25, 0.3) is 0 Å². The van der Waals surface area contributed by atoms with Crippen LogP contribution in [0.2, 0.25) is 0 Å². The molecule has 132 valence electrons. The molecule has 2 aromatic rings. The number of fused-ring (bicyclic) bond motifs is 2. The van der Waals surface area contributed by atoms with Gasteiger partial charge in [-0.1, -0.05) is 12.1 Å². The maximum Gasteiger partial charge on any atom is 0.261 e. The molecule has 2 amide bonds. The van der Waals surface area contributed by atoms with Gasteiger partial charge >= 0.3 is 0 Å². The predicted octanol–water partition coefficient (Wildman–Crippen LogP) is 2.35. The van der Waals surface area contributed by atoms with Crippen molar-refractivity contribution < 1.29 is 19.1 Å². The summed E-state index contributed by atoms with van der Waals surface area (Å²) in [6.45, 7) is 0.760. The summed E-state index contributed by atoms with van der Waals surface area (Å²) in [7, 11) is 3.18. The first-order valence-electron chi connectivity index (χ1n) is 8.38. The van der Waals surface area contributed by atoms with E-state index in [9.17, 15) is 9.59 Å². The summed E-state index contributed by atoms with van der Waals surface area (Å²) in [4.78, 5) is 31.1. The van der Waals surface area contributed by atoms with Crippen LogP contribution in [0.3, 0.4) is 0 Å². The maximum atomic E-state index is 12.6. The third kappa shape index (κ3) is 2.45. The summed E-state index contributed by atoms with van der Waals surface area (Å²) in [6, 6.07) is 10.7. The fourth-order valence-electron chi connectivity index (χ4n) is 3.46. The first kappa shape index (κ1) is 16.3. The average molecular weight is 350 g/mol. The van der Waals surface area contributed by atoms with Crippen molar-refractivity contribution in [2.24, 2.45) is 4.99 Å². The lowest BCUT2D eigenvalue weighted by molar-refractivity contribution is 0.0677. The third-order valence-corrected chi connectivity index (χ3v) is 4.79. The highest BCUT2D eigenvalue weighted by molar-refractivity contribution is 6.23. The van der Waals surface area contributed by atoms with Gasteiger partial charge in [0.05, 0.1) is 37.6 Å². The molecule has 0 aromatic heterocycles. The molecule has 2 aliphatic rings. The molecule has 0 saturated heterocycles. The van der Waals surface area contributed by atoms with E-state index in [4.69, 9.17) is 9.47 Å². The largest absolute Gasteiger partial charge is 0.493 e. The van der Waals surface area contributed by atoms with E-state index in [0.717, 1.165) is 17.5 Å². The van der Waals surface area contributed by atoms with Crippen molar-refractivity contribution in [3.05, 3.63) is 58.7 Å². The average Bonchev–Trinajstić information content (AvgIpc) is 2.92. The molecule has 0 aliphatic carbocycles. The van der Waals surface area contributed by atoms with Crippen LogP contribution in [0.5, 0.6) is 11.5 Å². The Kier molecular flexibility index (Phi) is 3.95. The number of nitrogens with zero attached hydrogens (tertiary/aromatic N) is 2. The van der Waals surface area contributed by atoms with Gasteiger partial charge in [-0.25, -0.2) is 0 Å². The zero-order chi connectivity index (χ0) is 18.3. The molecule has 2 heterocycles. The van der Waals surface area contributed by atoms with Crippen molar-refractivity contribution in [3.8, 4) is 11.5 Å². The Labute approximate surface area is 151 Å². The molecular formula is C20H18N2O4. The second kappa shape index (κ2) is 6.29. The van der Waals surface area contributed by atoms with E-state index in [0.29, 0.717) is 34.9 Å². The molecule has 0 unspecified atom stereocenters. The van der Waals surface area contributed by atoms with E-state index in [2.05, 4.69) is 4.99 Å². The van der Waals surface area contributed by atoms with Gasteiger partial charge in [-0.05, 0) is 36.2 Å². The van der Waals surface area contributed by atoms with Crippen LogP contribution in [-0.4, -0.2) is 49.7 Å². The third-order valence-electron chi connectivity index (χ3n) is 4.79. The molecule has 0 bridgehead atoms. The van der Waals surface area contributed by atoms with E-state index in [1.165, 1.54) is 4.90 Å². The van der Waals surface area contributed by atoms with Gasteiger partial charge in [0.25, 0.3) is 11.8 Å². The van der Waals surface area contributed by atoms with Gasteiger partial charge in [0, 0.05) is 12.1 Å². The first-order chi connectivity index (χ1) is 12.6. The maximum absolute atomic E-state index is 12.6. The second-order valence-electron chi connectivity index (χ2n) is 6.18. The van der Waals surface area contributed by atoms with Crippen LogP contribution >= 0.6 is 0 Å². The summed E-state index contributed by atoms with van der Waals surface area (Å²) in [5.74, 6) is 0.707. The van der Waals surface area contributed by atoms with Gasteiger partial charge < -0.3 is 9.47 Å². The molecule has 0 fully saturated rings. The highest BCUT2D eigenvalue weighted by atomic mass is 16.5. The number of hydrogen-bond donors (Lipinski definition) is 0. The molecule has 6 heteroatoms. The van der Waals surface area contributed by atoms with Gasteiger partial charge in [0.15, 0.2) is 11.5 Å². The lowest BCUT2D eigenvalue weighted by Gasteiger charge is -2.22. The molecule has 0 spiro atoms. The quantitative estimate of drug-likeness (QED) is 0.794. The smallest absolute Gasteiger partial charge is 0.261 e. The van der Waals surface area contributed by atoms with Crippen LogP contribution in [0.1, 0.15) is 31.8 Å². The van der Waals surface area contributed by atoms with Crippen molar-refractivity contribution >= 4 is 17.5 Å². The SMILES string of the molecule is COc1cc2c(cc1OC)C(CN1C(=O)c3ccccc3C1=O)=NCC2. The molecular weight excluding hydrogens is 332 g/mol. The molecule has 0 N–H and O–H groups in total. The van der Waals surface area contributed by atoms with Crippen LogP contribution in [0.4, 0.5) is 0 Å². The van der Waals surface area contributed by atoms with E-state index >= 15 is 0 Å². The molecule has 2 aliphatic heterocycles.